The van der Waals surface area contributed by atoms with Crippen LogP contribution in [0.5, 0.6) is 0 Å². The quantitative estimate of drug-likeness (QED) is 0.874. The van der Waals surface area contributed by atoms with Crippen LogP contribution in [-0.4, -0.2) is 43.7 Å². The summed E-state index contributed by atoms with van der Waals surface area (Å²) in [6.07, 6.45) is 2.77. The van der Waals surface area contributed by atoms with Crippen LogP contribution < -0.4 is 4.90 Å². The van der Waals surface area contributed by atoms with E-state index >= 15 is 0 Å². The summed E-state index contributed by atoms with van der Waals surface area (Å²) in [5, 5.41) is 19.9. The number of amides is 1. The van der Waals surface area contributed by atoms with Crippen LogP contribution >= 0.6 is 0 Å². The second kappa shape index (κ2) is 5.31. The van der Waals surface area contributed by atoms with E-state index in [1.54, 1.807) is 23.1 Å². The van der Waals surface area contributed by atoms with Crippen molar-refractivity contribution in [2.45, 2.75) is 19.4 Å². The van der Waals surface area contributed by atoms with Crippen molar-refractivity contribution in [3.63, 3.8) is 0 Å². The maximum Gasteiger partial charge on any atom is 0.336 e. The Balaban J connectivity index is 1.92. The van der Waals surface area contributed by atoms with Gasteiger partial charge < -0.3 is 10.0 Å². The van der Waals surface area contributed by atoms with Gasteiger partial charge in [-0.05, 0) is 41.0 Å². The number of carboxylic acids is 1. The lowest BCUT2D eigenvalue weighted by atomic mass is 9.96. The molecule has 0 saturated heterocycles. The van der Waals surface area contributed by atoms with Crippen molar-refractivity contribution < 1.29 is 14.7 Å². The third-order valence-corrected chi connectivity index (χ3v) is 3.47. The highest BCUT2D eigenvalue weighted by atomic mass is 16.4. The van der Waals surface area contributed by atoms with Gasteiger partial charge in [0, 0.05) is 12.2 Å². The number of carboxylic acid groups (broad SMARTS) is 1. The molecule has 0 saturated carbocycles. The summed E-state index contributed by atoms with van der Waals surface area (Å²) in [6.45, 7) is 0.598. The summed E-state index contributed by atoms with van der Waals surface area (Å²) in [6, 6.07) is 5.00. The van der Waals surface area contributed by atoms with E-state index < -0.39 is 5.97 Å². The lowest BCUT2D eigenvalue weighted by Crippen LogP contribution is -2.38. The van der Waals surface area contributed by atoms with E-state index in [-0.39, 0.29) is 18.0 Å². The summed E-state index contributed by atoms with van der Waals surface area (Å²) < 4.78 is 1.34. The number of anilines is 1. The van der Waals surface area contributed by atoms with Crippen LogP contribution in [0.1, 0.15) is 22.3 Å². The van der Waals surface area contributed by atoms with Crippen LogP contribution in [0, 0.1) is 0 Å². The largest absolute Gasteiger partial charge is 0.478 e. The Morgan fingerprint density at radius 1 is 1.33 bits per heavy atom. The van der Waals surface area contributed by atoms with Gasteiger partial charge in [-0.25, -0.2) is 9.48 Å². The molecule has 1 N–H and O–H groups in total. The molecule has 8 nitrogen and oxygen atoms in total. The number of hydrogen-bond donors (Lipinski definition) is 1. The first-order valence-corrected chi connectivity index (χ1v) is 6.53. The lowest BCUT2D eigenvalue weighted by molar-refractivity contribution is -0.119. The standard InChI is InChI=1S/C13H13N5O3/c19-12(7-17-8-14-15-16-17)18-6-2-4-9-10(13(20)21)3-1-5-11(9)18/h1,3,5,8H,2,4,6-7H2,(H,20,21). The minimum Gasteiger partial charge on any atom is -0.478 e. The van der Waals surface area contributed by atoms with E-state index in [4.69, 9.17) is 0 Å². The predicted octanol–water partition coefficient (Wildman–Crippen LogP) is 0.351. The molecule has 108 valence electrons. The molecule has 1 aromatic heterocycles. The normalized spacial score (nSPS) is 13.8. The van der Waals surface area contributed by atoms with E-state index in [9.17, 15) is 14.7 Å². The summed E-state index contributed by atoms with van der Waals surface area (Å²) in [7, 11) is 0. The second-order valence-electron chi connectivity index (χ2n) is 4.76. The molecule has 0 fully saturated rings. The molecule has 0 unspecified atom stereocenters. The number of tetrazole rings is 1. The van der Waals surface area contributed by atoms with Crippen LogP contribution in [0.15, 0.2) is 24.5 Å². The van der Waals surface area contributed by atoms with Gasteiger partial charge >= 0.3 is 5.97 Å². The third kappa shape index (κ3) is 2.47. The van der Waals surface area contributed by atoms with Gasteiger partial charge in [-0.2, -0.15) is 0 Å². The molecule has 2 aromatic rings. The molecule has 0 radical (unpaired) electrons. The Morgan fingerprint density at radius 2 is 2.19 bits per heavy atom. The molecule has 3 rings (SSSR count). The molecule has 1 aliphatic rings. The third-order valence-electron chi connectivity index (χ3n) is 3.47. The molecule has 1 aliphatic heterocycles. The highest BCUT2D eigenvalue weighted by molar-refractivity contribution is 5.98. The van der Waals surface area contributed by atoms with Gasteiger partial charge in [0.1, 0.15) is 12.9 Å². The molecular weight excluding hydrogens is 274 g/mol. The predicted molar refractivity (Wildman–Crippen MR) is 71.9 cm³/mol. The van der Waals surface area contributed by atoms with E-state index in [1.165, 1.54) is 11.0 Å². The van der Waals surface area contributed by atoms with Crippen molar-refractivity contribution >= 4 is 17.6 Å². The monoisotopic (exact) mass is 287 g/mol. The van der Waals surface area contributed by atoms with Gasteiger partial charge in [-0.15, -0.1) is 5.10 Å². The van der Waals surface area contributed by atoms with Gasteiger partial charge in [0.05, 0.1) is 5.56 Å². The van der Waals surface area contributed by atoms with Crippen molar-refractivity contribution in [1.82, 2.24) is 20.2 Å². The van der Waals surface area contributed by atoms with Crippen molar-refractivity contribution in [3.05, 3.63) is 35.7 Å². The molecule has 2 heterocycles. The zero-order valence-corrected chi connectivity index (χ0v) is 11.1. The Morgan fingerprint density at radius 3 is 2.90 bits per heavy atom. The molecule has 0 aliphatic carbocycles. The molecule has 0 atom stereocenters. The fraction of sp³-hybridized carbons (Fsp3) is 0.308. The molecule has 21 heavy (non-hydrogen) atoms. The van der Waals surface area contributed by atoms with Crippen LogP contribution in [-0.2, 0) is 17.8 Å². The number of aromatic nitrogens is 4. The van der Waals surface area contributed by atoms with Crippen molar-refractivity contribution in [1.29, 1.82) is 0 Å². The fourth-order valence-corrected chi connectivity index (χ4v) is 2.56. The number of hydrogen-bond acceptors (Lipinski definition) is 5. The maximum absolute atomic E-state index is 12.4. The lowest BCUT2D eigenvalue weighted by Gasteiger charge is -2.30. The SMILES string of the molecule is O=C(O)c1cccc2c1CCCN2C(=O)Cn1cnnn1. The summed E-state index contributed by atoms with van der Waals surface area (Å²) in [5.41, 5.74) is 1.63. The van der Waals surface area contributed by atoms with Crippen molar-refractivity contribution in [2.24, 2.45) is 0 Å². The van der Waals surface area contributed by atoms with E-state index in [1.807, 2.05) is 0 Å². The van der Waals surface area contributed by atoms with Crippen molar-refractivity contribution in [3.8, 4) is 0 Å². The number of rotatable bonds is 3. The number of fused-ring (bicyclic) bond motifs is 1. The smallest absolute Gasteiger partial charge is 0.336 e. The summed E-state index contributed by atoms with van der Waals surface area (Å²) in [4.78, 5) is 25.2. The van der Waals surface area contributed by atoms with E-state index in [2.05, 4.69) is 15.5 Å². The van der Waals surface area contributed by atoms with Gasteiger partial charge in [-0.3, -0.25) is 4.79 Å². The van der Waals surface area contributed by atoms with Crippen LogP contribution in [0.3, 0.4) is 0 Å². The van der Waals surface area contributed by atoms with Crippen LogP contribution in [0.4, 0.5) is 5.69 Å². The number of nitrogens with zero attached hydrogens (tertiary/aromatic N) is 5. The van der Waals surface area contributed by atoms with Gasteiger partial charge in [-0.1, -0.05) is 6.07 Å². The molecule has 0 bridgehead atoms. The Bertz CT molecular complexity index is 683. The van der Waals surface area contributed by atoms with Crippen molar-refractivity contribution in [2.75, 3.05) is 11.4 Å². The molecular formula is C13H13N5O3. The number of carbonyl (C=O) groups excluding carboxylic acids is 1. The van der Waals surface area contributed by atoms with E-state index in [0.29, 0.717) is 24.2 Å². The van der Waals surface area contributed by atoms with Crippen LogP contribution in [0.25, 0.3) is 0 Å². The highest BCUT2D eigenvalue weighted by Crippen LogP contribution is 2.30. The Kier molecular flexibility index (Phi) is 3.35. The second-order valence-corrected chi connectivity index (χ2v) is 4.76. The Hall–Kier alpha value is -2.77. The topological polar surface area (TPSA) is 101 Å². The first-order chi connectivity index (χ1) is 10.2. The first-order valence-electron chi connectivity index (χ1n) is 6.53. The minimum absolute atomic E-state index is 0.0315. The molecule has 8 heteroatoms. The molecule has 1 aromatic carbocycles. The van der Waals surface area contributed by atoms with Gasteiger partial charge in [0.2, 0.25) is 5.91 Å². The molecule has 0 spiro atoms. The fourth-order valence-electron chi connectivity index (χ4n) is 2.56. The highest BCUT2D eigenvalue weighted by Gasteiger charge is 2.26. The van der Waals surface area contributed by atoms with Gasteiger partial charge in [0.15, 0.2) is 0 Å². The van der Waals surface area contributed by atoms with Crippen LogP contribution in [0.2, 0.25) is 0 Å². The van der Waals surface area contributed by atoms with Gasteiger partial charge in [0.25, 0.3) is 0 Å². The first kappa shape index (κ1) is 13.2. The summed E-state index contributed by atoms with van der Waals surface area (Å²) >= 11 is 0. The maximum atomic E-state index is 12.4. The number of benzene rings is 1. The van der Waals surface area contributed by atoms with E-state index in [0.717, 1.165) is 6.42 Å². The minimum atomic E-state index is -0.971. The zero-order valence-electron chi connectivity index (χ0n) is 11.1. The average Bonchev–Trinajstić information content (AvgIpc) is 2.98. The molecule has 1 amide bonds. The average molecular weight is 287 g/mol. The zero-order chi connectivity index (χ0) is 14.8. The summed E-state index contributed by atoms with van der Waals surface area (Å²) in [5.74, 6) is -1.13. The number of aromatic carboxylic acids is 1. The Labute approximate surface area is 120 Å². The number of carbonyl (C=O) groups is 2.